The molecule has 1 aliphatic rings. The molecule has 0 saturated carbocycles. The van der Waals surface area contributed by atoms with Crippen molar-refractivity contribution in [3.8, 4) is 11.5 Å². The maximum atomic E-state index is 13.7. The zero-order valence-corrected chi connectivity index (χ0v) is 20.3. The third-order valence-corrected chi connectivity index (χ3v) is 6.71. The van der Waals surface area contributed by atoms with Gasteiger partial charge < -0.3 is 13.8 Å². The fourth-order valence-electron chi connectivity index (χ4n) is 3.56. The number of aromatic amines is 1. The second kappa shape index (κ2) is 10.8. The van der Waals surface area contributed by atoms with Crippen LogP contribution in [0.1, 0.15) is 23.9 Å². The summed E-state index contributed by atoms with van der Waals surface area (Å²) in [6.07, 6.45) is 1.30. The highest BCUT2D eigenvalue weighted by molar-refractivity contribution is 7.49. The number of para-hydroxylation sites is 1. The van der Waals surface area contributed by atoms with Gasteiger partial charge in [-0.15, -0.1) is 0 Å². The number of phosphoric ester groups is 1. The molecule has 13 nitrogen and oxygen atoms in total. The van der Waals surface area contributed by atoms with Crippen LogP contribution in [0, 0.1) is 13.8 Å². The number of aryl methyl sites for hydroxylation is 2. The van der Waals surface area contributed by atoms with Gasteiger partial charge in [-0.2, -0.15) is 0 Å². The number of benzene rings is 1. The van der Waals surface area contributed by atoms with E-state index in [4.69, 9.17) is 23.8 Å². The van der Waals surface area contributed by atoms with Crippen molar-refractivity contribution in [3.05, 3.63) is 97.4 Å². The lowest BCUT2D eigenvalue weighted by atomic mass is 10.1. The number of nitrogens with zero attached hydrogens (tertiary/aromatic N) is 5. The molecule has 1 aromatic carbocycles. The van der Waals surface area contributed by atoms with Crippen LogP contribution in [0.4, 0.5) is 0 Å². The molecular weight excluding hydrogens is 491 g/mol. The number of hydrogen-bond donors (Lipinski definition) is 1. The van der Waals surface area contributed by atoms with E-state index in [1.807, 2.05) is 0 Å². The van der Waals surface area contributed by atoms with E-state index < -0.39 is 37.4 Å². The molecule has 0 aliphatic carbocycles. The fourth-order valence-corrected chi connectivity index (χ4v) is 4.84. The van der Waals surface area contributed by atoms with Gasteiger partial charge >= 0.3 is 13.5 Å². The largest absolute Gasteiger partial charge is 0.587 e. The molecule has 3 heterocycles. The number of phosphoric acid groups is 1. The number of aromatic nitrogens is 3. The lowest BCUT2D eigenvalue weighted by Gasteiger charge is -2.22. The van der Waals surface area contributed by atoms with E-state index in [1.165, 1.54) is 10.8 Å². The Hall–Kier alpha value is -3.89. The Morgan fingerprint density at radius 1 is 1.22 bits per heavy atom. The monoisotopic (exact) mass is 514 g/mol. The van der Waals surface area contributed by atoms with Gasteiger partial charge in [-0.3, -0.25) is 23.9 Å². The Kier molecular flexibility index (Phi) is 7.56. The summed E-state index contributed by atoms with van der Waals surface area (Å²) in [4.78, 5) is 33.2. The van der Waals surface area contributed by atoms with Crippen LogP contribution in [0.15, 0.2) is 69.6 Å². The number of ether oxygens (including phenoxy) is 1. The lowest BCUT2D eigenvalue weighted by Crippen LogP contribution is -2.33. The SMILES string of the molecule is Cc1ncccc1OP(=O)(OC[C@H]1O[C@@H](n2cc(C)c(=O)[nH]c2=O)C[C@@H]1N=[N+]=[N-])Oc1ccccc1. The van der Waals surface area contributed by atoms with Crippen molar-refractivity contribution in [2.24, 2.45) is 5.11 Å². The summed E-state index contributed by atoms with van der Waals surface area (Å²) in [5.74, 6) is 0.443. The van der Waals surface area contributed by atoms with Gasteiger partial charge in [0.25, 0.3) is 5.56 Å². The van der Waals surface area contributed by atoms with Gasteiger partial charge in [0.2, 0.25) is 0 Å². The molecule has 36 heavy (non-hydrogen) atoms. The van der Waals surface area contributed by atoms with E-state index in [0.29, 0.717) is 11.3 Å². The molecule has 0 radical (unpaired) electrons. The minimum Gasteiger partial charge on any atom is -0.395 e. The van der Waals surface area contributed by atoms with Crippen LogP contribution in [0.2, 0.25) is 0 Å². The van der Waals surface area contributed by atoms with Crippen LogP contribution < -0.4 is 20.3 Å². The topological polar surface area (TPSA) is 170 Å². The number of nitrogens with one attached hydrogen (secondary N) is 1. The molecule has 1 saturated heterocycles. The number of H-pyrrole nitrogens is 1. The number of pyridine rings is 1. The van der Waals surface area contributed by atoms with E-state index in [0.717, 1.165) is 0 Å². The summed E-state index contributed by atoms with van der Waals surface area (Å²) in [5, 5.41) is 3.74. The number of rotatable bonds is 9. The second-order valence-electron chi connectivity index (χ2n) is 7.94. The maximum Gasteiger partial charge on any atom is 0.587 e. The van der Waals surface area contributed by atoms with Crippen molar-refractivity contribution in [3.63, 3.8) is 0 Å². The first-order chi connectivity index (χ1) is 17.3. The Labute approximate surface area is 204 Å². The summed E-state index contributed by atoms with van der Waals surface area (Å²) in [7, 11) is -4.27. The maximum absolute atomic E-state index is 13.7. The first-order valence-corrected chi connectivity index (χ1v) is 12.4. The minimum absolute atomic E-state index is 0.121. The predicted octanol–water partition coefficient (Wildman–Crippen LogP) is 3.80. The van der Waals surface area contributed by atoms with E-state index >= 15 is 0 Å². The molecule has 0 spiro atoms. The third-order valence-electron chi connectivity index (χ3n) is 5.39. The predicted molar refractivity (Wildman–Crippen MR) is 128 cm³/mol. The first-order valence-electron chi connectivity index (χ1n) is 10.9. The van der Waals surface area contributed by atoms with Crippen molar-refractivity contribution in [1.82, 2.24) is 14.5 Å². The zero-order chi connectivity index (χ0) is 25.7. The summed E-state index contributed by atoms with van der Waals surface area (Å²) >= 11 is 0. The van der Waals surface area contributed by atoms with Crippen molar-refractivity contribution in [1.29, 1.82) is 0 Å². The van der Waals surface area contributed by atoms with Crippen LogP contribution in [0.25, 0.3) is 10.4 Å². The van der Waals surface area contributed by atoms with E-state index in [1.54, 1.807) is 62.5 Å². The van der Waals surface area contributed by atoms with Crippen LogP contribution in [-0.4, -0.2) is 33.3 Å². The van der Waals surface area contributed by atoms with Gasteiger partial charge in [-0.05, 0) is 43.6 Å². The smallest absolute Gasteiger partial charge is 0.395 e. The minimum atomic E-state index is -4.27. The molecule has 1 unspecified atom stereocenters. The summed E-state index contributed by atoms with van der Waals surface area (Å²) in [6, 6.07) is 10.8. The molecule has 4 atom stereocenters. The zero-order valence-electron chi connectivity index (χ0n) is 19.4. The molecule has 1 fully saturated rings. The normalized spacial score (nSPS) is 20.8. The number of hydrogen-bond acceptors (Lipinski definition) is 9. The average molecular weight is 514 g/mol. The molecule has 188 valence electrons. The molecule has 1 aliphatic heterocycles. The molecule has 4 rings (SSSR count). The van der Waals surface area contributed by atoms with Gasteiger partial charge in [-0.25, -0.2) is 9.36 Å². The third kappa shape index (κ3) is 5.84. The fraction of sp³-hybridized carbons (Fsp3) is 0.318. The molecule has 0 amide bonds. The number of azide groups is 1. The average Bonchev–Trinajstić information content (AvgIpc) is 3.25. The Bertz CT molecular complexity index is 1440. The highest BCUT2D eigenvalue weighted by Gasteiger charge is 2.40. The molecule has 3 aromatic rings. The molecule has 14 heteroatoms. The Morgan fingerprint density at radius 3 is 2.72 bits per heavy atom. The van der Waals surface area contributed by atoms with Gasteiger partial charge in [0.05, 0.1) is 24.4 Å². The molecule has 1 N–H and O–H groups in total. The standard InChI is InChI=1S/C22H23N6O7P/c1-14-12-28(22(30)25-21(14)29)20-11-17(26-27-23)19(33-20)13-32-36(31,34-16-7-4-3-5-8-16)35-18-9-6-10-24-15(18)2/h3-10,12,17,19-20H,11,13H2,1-2H3,(H,25,29,30)/t17-,19+,20+,36?/m0/s1. The van der Waals surface area contributed by atoms with Crippen molar-refractivity contribution in [2.75, 3.05) is 6.61 Å². The van der Waals surface area contributed by atoms with Crippen molar-refractivity contribution < 1.29 is 22.9 Å². The van der Waals surface area contributed by atoms with Crippen LogP contribution in [0.5, 0.6) is 11.5 Å². The summed E-state index contributed by atoms with van der Waals surface area (Å²) in [6.45, 7) is 2.87. The Morgan fingerprint density at radius 2 is 2.00 bits per heavy atom. The van der Waals surface area contributed by atoms with E-state index in [9.17, 15) is 14.2 Å². The van der Waals surface area contributed by atoms with Crippen LogP contribution >= 0.6 is 7.82 Å². The van der Waals surface area contributed by atoms with Gasteiger partial charge in [-0.1, -0.05) is 23.3 Å². The molecule has 2 aromatic heterocycles. The van der Waals surface area contributed by atoms with Crippen LogP contribution in [0.3, 0.4) is 0 Å². The Balaban J connectivity index is 1.57. The van der Waals surface area contributed by atoms with E-state index in [2.05, 4.69) is 20.0 Å². The quantitative estimate of drug-likeness (QED) is 0.194. The second-order valence-corrected chi connectivity index (χ2v) is 9.46. The summed E-state index contributed by atoms with van der Waals surface area (Å²) < 4.78 is 37.7. The van der Waals surface area contributed by atoms with Crippen LogP contribution in [-0.2, 0) is 13.8 Å². The van der Waals surface area contributed by atoms with Crippen molar-refractivity contribution in [2.45, 2.75) is 38.6 Å². The van der Waals surface area contributed by atoms with Crippen molar-refractivity contribution >= 4 is 7.82 Å². The first kappa shape index (κ1) is 25.2. The molecular formula is C22H23N6O7P. The highest BCUT2D eigenvalue weighted by atomic mass is 31.2. The molecule has 0 bridgehead atoms. The van der Waals surface area contributed by atoms with Gasteiger partial charge in [0.1, 0.15) is 12.0 Å². The summed E-state index contributed by atoms with van der Waals surface area (Å²) in [5.41, 5.74) is 8.60. The van der Waals surface area contributed by atoms with Gasteiger partial charge in [0, 0.05) is 29.3 Å². The highest BCUT2D eigenvalue weighted by Crippen LogP contribution is 2.50. The van der Waals surface area contributed by atoms with E-state index in [-0.39, 0.29) is 24.5 Å². The lowest BCUT2D eigenvalue weighted by molar-refractivity contribution is -0.0260. The van der Waals surface area contributed by atoms with Gasteiger partial charge in [0.15, 0.2) is 5.75 Å².